The maximum absolute atomic E-state index is 11.8. The standard InChI is InChI=1S/C15H15ClO4/c1-10-3-8-14(20-10)13(15(17)18-2)9-19-12-6-4-11(16)5-7-12/h3-8,13H,9H2,1-2H3. The highest BCUT2D eigenvalue weighted by atomic mass is 35.5. The number of furan rings is 1. The molecule has 0 amide bonds. The molecule has 0 aliphatic heterocycles. The first kappa shape index (κ1) is 14.5. The highest BCUT2D eigenvalue weighted by molar-refractivity contribution is 6.30. The third-order valence-electron chi connectivity index (χ3n) is 2.82. The van der Waals surface area contributed by atoms with E-state index >= 15 is 0 Å². The van der Waals surface area contributed by atoms with Crippen LogP contribution in [0.4, 0.5) is 0 Å². The molecule has 0 bridgehead atoms. The Balaban J connectivity index is 2.08. The molecule has 1 heterocycles. The summed E-state index contributed by atoms with van der Waals surface area (Å²) in [7, 11) is 1.34. The fraction of sp³-hybridized carbons (Fsp3) is 0.267. The van der Waals surface area contributed by atoms with Crippen LogP contribution in [-0.4, -0.2) is 19.7 Å². The molecule has 0 N–H and O–H groups in total. The van der Waals surface area contributed by atoms with Gasteiger partial charge in [0.2, 0.25) is 0 Å². The number of esters is 1. The van der Waals surface area contributed by atoms with Gasteiger partial charge in [-0.3, -0.25) is 4.79 Å². The van der Waals surface area contributed by atoms with Gasteiger partial charge >= 0.3 is 5.97 Å². The summed E-state index contributed by atoms with van der Waals surface area (Å²) in [5.74, 6) is 0.910. The molecule has 0 spiro atoms. The minimum atomic E-state index is -0.593. The molecule has 0 saturated heterocycles. The number of hydrogen-bond acceptors (Lipinski definition) is 4. The molecule has 0 aliphatic rings. The van der Waals surface area contributed by atoms with Gasteiger partial charge in [0.25, 0.3) is 0 Å². The van der Waals surface area contributed by atoms with Crippen molar-refractivity contribution in [3.63, 3.8) is 0 Å². The smallest absolute Gasteiger partial charge is 0.319 e. The zero-order valence-corrected chi connectivity index (χ0v) is 12.0. The Morgan fingerprint density at radius 2 is 1.95 bits per heavy atom. The van der Waals surface area contributed by atoms with Crippen LogP contribution in [0, 0.1) is 6.92 Å². The van der Waals surface area contributed by atoms with Gasteiger partial charge in [0.1, 0.15) is 29.8 Å². The molecule has 1 aromatic heterocycles. The quantitative estimate of drug-likeness (QED) is 0.791. The van der Waals surface area contributed by atoms with Crippen molar-refractivity contribution >= 4 is 17.6 Å². The summed E-state index contributed by atoms with van der Waals surface area (Å²) in [6.07, 6.45) is 0. The molecule has 5 heteroatoms. The lowest BCUT2D eigenvalue weighted by molar-refractivity contribution is -0.143. The molecule has 1 aromatic carbocycles. The van der Waals surface area contributed by atoms with Gasteiger partial charge in [0.05, 0.1) is 7.11 Å². The molecule has 0 aliphatic carbocycles. The summed E-state index contributed by atoms with van der Waals surface area (Å²) in [5, 5.41) is 0.628. The molecule has 0 saturated carbocycles. The molecule has 2 aromatic rings. The third kappa shape index (κ3) is 3.54. The lowest BCUT2D eigenvalue weighted by Gasteiger charge is -2.13. The summed E-state index contributed by atoms with van der Waals surface area (Å²) >= 11 is 5.80. The zero-order chi connectivity index (χ0) is 14.5. The first-order chi connectivity index (χ1) is 9.60. The number of carbonyl (C=O) groups excluding carboxylic acids is 1. The topological polar surface area (TPSA) is 48.7 Å². The van der Waals surface area contributed by atoms with Gasteiger partial charge in [0, 0.05) is 5.02 Å². The van der Waals surface area contributed by atoms with Crippen LogP contribution >= 0.6 is 11.6 Å². The molecule has 20 heavy (non-hydrogen) atoms. The maximum Gasteiger partial charge on any atom is 0.319 e. The Bertz CT molecular complexity index is 574. The van der Waals surface area contributed by atoms with E-state index in [9.17, 15) is 4.79 Å². The summed E-state index contributed by atoms with van der Waals surface area (Å²) in [4.78, 5) is 11.8. The number of aryl methyl sites for hydroxylation is 1. The lowest BCUT2D eigenvalue weighted by Crippen LogP contribution is -2.20. The molecule has 4 nitrogen and oxygen atoms in total. The van der Waals surface area contributed by atoms with Gasteiger partial charge in [-0.15, -0.1) is 0 Å². The highest BCUT2D eigenvalue weighted by Crippen LogP contribution is 2.22. The van der Waals surface area contributed by atoms with Crippen LogP contribution < -0.4 is 4.74 Å². The Hall–Kier alpha value is -1.94. The normalized spacial score (nSPS) is 11.9. The average Bonchev–Trinajstić information content (AvgIpc) is 2.87. The van der Waals surface area contributed by atoms with E-state index in [1.807, 2.05) is 6.92 Å². The Morgan fingerprint density at radius 1 is 1.25 bits per heavy atom. The number of halogens is 1. The van der Waals surface area contributed by atoms with Crippen LogP contribution in [-0.2, 0) is 9.53 Å². The summed E-state index contributed by atoms with van der Waals surface area (Å²) in [6, 6.07) is 10.5. The fourth-order valence-electron chi connectivity index (χ4n) is 1.76. The van der Waals surface area contributed by atoms with E-state index in [1.54, 1.807) is 36.4 Å². The number of ether oxygens (including phenoxy) is 2. The first-order valence-corrected chi connectivity index (χ1v) is 6.50. The number of hydrogen-bond donors (Lipinski definition) is 0. The second-order valence-corrected chi connectivity index (χ2v) is 4.73. The zero-order valence-electron chi connectivity index (χ0n) is 11.3. The largest absolute Gasteiger partial charge is 0.492 e. The van der Waals surface area contributed by atoms with Crippen molar-refractivity contribution in [1.82, 2.24) is 0 Å². The fourth-order valence-corrected chi connectivity index (χ4v) is 1.89. The molecule has 2 rings (SSSR count). The van der Waals surface area contributed by atoms with Crippen molar-refractivity contribution < 1.29 is 18.7 Å². The van der Waals surface area contributed by atoms with E-state index < -0.39 is 11.9 Å². The minimum Gasteiger partial charge on any atom is -0.492 e. The van der Waals surface area contributed by atoms with Crippen LogP contribution in [0.5, 0.6) is 5.75 Å². The van der Waals surface area contributed by atoms with E-state index in [-0.39, 0.29) is 6.61 Å². The van der Waals surface area contributed by atoms with Crippen LogP contribution in [0.1, 0.15) is 17.4 Å². The Morgan fingerprint density at radius 3 is 2.50 bits per heavy atom. The van der Waals surface area contributed by atoms with Crippen LogP contribution in [0.15, 0.2) is 40.8 Å². The first-order valence-electron chi connectivity index (χ1n) is 6.12. The van der Waals surface area contributed by atoms with E-state index in [0.29, 0.717) is 16.5 Å². The lowest BCUT2D eigenvalue weighted by atomic mass is 10.1. The SMILES string of the molecule is COC(=O)C(COc1ccc(Cl)cc1)c1ccc(C)o1. The van der Waals surface area contributed by atoms with Gasteiger partial charge in [-0.1, -0.05) is 11.6 Å². The Kier molecular flexibility index (Phi) is 4.69. The van der Waals surface area contributed by atoms with Crippen molar-refractivity contribution in [3.8, 4) is 5.75 Å². The molecule has 0 fully saturated rings. The van der Waals surface area contributed by atoms with Crippen molar-refractivity contribution in [2.75, 3.05) is 13.7 Å². The van der Waals surface area contributed by atoms with E-state index in [1.165, 1.54) is 7.11 Å². The van der Waals surface area contributed by atoms with Crippen LogP contribution in [0.25, 0.3) is 0 Å². The predicted octanol–water partition coefficient (Wildman–Crippen LogP) is 3.58. The average molecular weight is 295 g/mol. The minimum absolute atomic E-state index is 0.140. The molecular formula is C15H15ClO4. The molecule has 106 valence electrons. The van der Waals surface area contributed by atoms with Gasteiger partial charge in [-0.2, -0.15) is 0 Å². The highest BCUT2D eigenvalue weighted by Gasteiger charge is 2.25. The summed E-state index contributed by atoms with van der Waals surface area (Å²) in [6.45, 7) is 1.96. The van der Waals surface area contributed by atoms with Crippen molar-refractivity contribution in [2.24, 2.45) is 0 Å². The monoisotopic (exact) mass is 294 g/mol. The molecule has 1 unspecified atom stereocenters. The number of rotatable bonds is 5. The summed E-state index contributed by atoms with van der Waals surface area (Å²) < 4.78 is 15.8. The maximum atomic E-state index is 11.8. The van der Waals surface area contributed by atoms with Crippen LogP contribution in [0.3, 0.4) is 0 Å². The number of benzene rings is 1. The van der Waals surface area contributed by atoms with Crippen molar-refractivity contribution in [3.05, 3.63) is 52.9 Å². The molecule has 1 atom stereocenters. The predicted molar refractivity (Wildman–Crippen MR) is 75.1 cm³/mol. The molecule has 0 radical (unpaired) electrons. The summed E-state index contributed by atoms with van der Waals surface area (Å²) in [5.41, 5.74) is 0. The second-order valence-electron chi connectivity index (χ2n) is 4.29. The van der Waals surface area contributed by atoms with Gasteiger partial charge in [0.15, 0.2) is 0 Å². The molecular weight excluding hydrogens is 280 g/mol. The van der Waals surface area contributed by atoms with E-state index in [0.717, 1.165) is 5.76 Å². The number of methoxy groups -OCH3 is 1. The Labute approximate surface area is 122 Å². The van der Waals surface area contributed by atoms with Gasteiger partial charge < -0.3 is 13.9 Å². The van der Waals surface area contributed by atoms with Crippen molar-refractivity contribution in [2.45, 2.75) is 12.8 Å². The number of carbonyl (C=O) groups is 1. The van der Waals surface area contributed by atoms with Gasteiger partial charge in [-0.25, -0.2) is 0 Å². The third-order valence-corrected chi connectivity index (χ3v) is 3.07. The van der Waals surface area contributed by atoms with Gasteiger partial charge in [-0.05, 0) is 43.3 Å². The van der Waals surface area contributed by atoms with E-state index in [4.69, 9.17) is 25.5 Å². The van der Waals surface area contributed by atoms with E-state index in [2.05, 4.69) is 0 Å². The van der Waals surface area contributed by atoms with Crippen molar-refractivity contribution in [1.29, 1.82) is 0 Å². The van der Waals surface area contributed by atoms with Crippen LogP contribution in [0.2, 0.25) is 5.02 Å². The second kappa shape index (κ2) is 6.48.